The molecule has 1 N–H and O–H groups in total. The van der Waals surface area contributed by atoms with Gasteiger partial charge in [-0.3, -0.25) is 0 Å². The zero-order chi connectivity index (χ0) is 19.9. The number of aromatic nitrogens is 2. The molecule has 0 unspecified atom stereocenters. The van der Waals surface area contributed by atoms with E-state index in [1.54, 1.807) is 20.3 Å². The van der Waals surface area contributed by atoms with Crippen molar-refractivity contribution in [3.05, 3.63) is 66.1 Å². The van der Waals surface area contributed by atoms with Gasteiger partial charge >= 0.3 is 0 Å². The molecule has 0 aliphatic heterocycles. The van der Waals surface area contributed by atoms with Gasteiger partial charge in [-0.25, -0.2) is 9.07 Å². The molecule has 0 bridgehead atoms. The minimum atomic E-state index is -0.277. The SMILES string of the molecule is CC[C@@H](COC)NCc1cn(-c2ccc(OC)cc2)nc1-c1cccc(F)c1. The van der Waals surface area contributed by atoms with Crippen LogP contribution in [0.15, 0.2) is 54.7 Å². The summed E-state index contributed by atoms with van der Waals surface area (Å²) in [6.45, 7) is 3.37. The Morgan fingerprint density at radius 1 is 1.14 bits per heavy atom. The van der Waals surface area contributed by atoms with Crippen LogP contribution >= 0.6 is 0 Å². The molecule has 1 atom stereocenters. The lowest BCUT2D eigenvalue weighted by molar-refractivity contribution is 0.164. The summed E-state index contributed by atoms with van der Waals surface area (Å²) in [6.07, 6.45) is 2.93. The van der Waals surface area contributed by atoms with Crippen LogP contribution in [-0.4, -0.2) is 36.6 Å². The third-order valence-electron chi connectivity index (χ3n) is 4.67. The molecule has 1 heterocycles. The number of ether oxygens (including phenoxy) is 2. The summed E-state index contributed by atoms with van der Waals surface area (Å²) in [5, 5.41) is 8.24. The first-order chi connectivity index (χ1) is 13.6. The number of hydrogen-bond donors (Lipinski definition) is 1. The quantitative estimate of drug-likeness (QED) is 0.602. The van der Waals surface area contributed by atoms with Gasteiger partial charge in [0.15, 0.2) is 0 Å². The van der Waals surface area contributed by atoms with E-state index < -0.39 is 0 Å². The van der Waals surface area contributed by atoms with E-state index in [2.05, 4.69) is 12.2 Å². The number of nitrogens with zero attached hydrogens (tertiary/aromatic N) is 2. The standard InChI is InChI=1S/C22H26FN3O2/c1-4-19(15-27-2)24-13-17-14-26(20-8-10-21(28-3)11-9-20)25-22(17)16-6-5-7-18(23)12-16/h5-12,14,19,24H,4,13,15H2,1-3H3/t19-/m0/s1. The Labute approximate surface area is 165 Å². The van der Waals surface area contributed by atoms with Gasteiger partial charge in [0.05, 0.1) is 25.1 Å². The predicted molar refractivity (Wildman–Crippen MR) is 108 cm³/mol. The monoisotopic (exact) mass is 383 g/mol. The third-order valence-corrected chi connectivity index (χ3v) is 4.67. The van der Waals surface area contributed by atoms with Gasteiger partial charge < -0.3 is 14.8 Å². The van der Waals surface area contributed by atoms with Gasteiger partial charge in [0.25, 0.3) is 0 Å². The Kier molecular flexibility index (Phi) is 6.79. The topological polar surface area (TPSA) is 48.3 Å². The number of rotatable bonds is 9. The molecule has 0 saturated carbocycles. The zero-order valence-corrected chi connectivity index (χ0v) is 16.5. The number of nitrogens with one attached hydrogen (secondary N) is 1. The highest BCUT2D eigenvalue weighted by atomic mass is 19.1. The molecular formula is C22H26FN3O2. The van der Waals surface area contributed by atoms with E-state index in [4.69, 9.17) is 14.6 Å². The van der Waals surface area contributed by atoms with Gasteiger partial charge in [0, 0.05) is 37.0 Å². The van der Waals surface area contributed by atoms with Crippen LogP contribution in [0.5, 0.6) is 5.75 Å². The van der Waals surface area contributed by atoms with Crippen LogP contribution in [0, 0.1) is 5.82 Å². The summed E-state index contributed by atoms with van der Waals surface area (Å²) in [5.41, 5.74) is 3.42. The minimum absolute atomic E-state index is 0.245. The summed E-state index contributed by atoms with van der Waals surface area (Å²) in [6, 6.07) is 14.4. The first-order valence-corrected chi connectivity index (χ1v) is 9.35. The average molecular weight is 383 g/mol. The first kappa shape index (κ1) is 20.0. The van der Waals surface area contributed by atoms with Crippen LogP contribution in [0.2, 0.25) is 0 Å². The van der Waals surface area contributed by atoms with Gasteiger partial charge in [-0.05, 0) is 42.8 Å². The minimum Gasteiger partial charge on any atom is -0.497 e. The van der Waals surface area contributed by atoms with Crippen LogP contribution in [-0.2, 0) is 11.3 Å². The highest BCUT2D eigenvalue weighted by Gasteiger charge is 2.15. The lowest BCUT2D eigenvalue weighted by Crippen LogP contribution is -2.32. The predicted octanol–water partition coefficient (Wildman–Crippen LogP) is 4.20. The summed E-state index contributed by atoms with van der Waals surface area (Å²) in [5.74, 6) is 0.509. The molecule has 0 aliphatic carbocycles. The Balaban J connectivity index is 1.94. The van der Waals surface area contributed by atoms with Crippen molar-refractivity contribution in [3.63, 3.8) is 0 Å². The Hall–Kier alpha value is -2.70. The molecule has 0 amide bonds. The van der Waals surface area contributed by atoms with Crippen molar-refractivity contribution < 1.29 is 13.9 Å². The first-order valence-electron chi connectivity index (χ1n) is 9.35. The summed E-state index contributed by atoms with van der Waals surface area (Å²) in [7, 11) is 3.34. The van der Waals surface area contributed by atoms with Crippen molar-refractivity contribution in [2.75, 3.05) is 20.8 Å². The van der Waals surface area contributed by atoms with E-state index in [9.17, 15) is 4.39 Å². The zero-order valence-electron chi connectivity index (χ0n) is 16.5. The molecule has 0 radical (unpaired) electrons. The van der Waals surface area contributed by atoms with E-state index in [1.807, 2.05) is 41.2 Å². The Morgan fingerprint density at radius 2 is 1.93 bits per heavy atom. The van der Waals surface area contributed by atoms with Crippen LogP contribution < -0.4 is 10.1 Å². The van der Waals surface area contributed by atoms with Crippen molar-refractivity contribution in [1.29, 1.82) is 0 Å². The van der Waals surface area contributed by atoms with Crippen molar-refractivity contribution in [3.8, 4) is 22.7 Å². The van der Waals surface area contributed by atoms with Crippen molar-refractivity contribution in [1.82, 2.24) is 15.1 Å². The van der Waals surface area contributed by atoms with Gasteiger partial charge in [-0.1, -0.05) is 19.1 Å². The average Bonchev–Trinajstić information content (AvgIpc) is 3.15. The third kappa shape index (κ3) is 4.77. The molecule has 3 rings (SSSR count). The number of benzene rings is 2. The molecular weight excluding hydrogens is 357 g/mol. The van der Waals surface area contributed by atoms with E-state index in [0.717, 1.165) is 34.7 Å². The fourth-order valence-electron chi connectivity index (χ4n) is 3.06. The number of halogens is 1. The fourth-order valence-corrected chi connectivity index (χ4v) is 3.06. The number of methoxy groups -OCH3 is 2. The maximum absolute atomic E-state index is 13.8. The molecule has 6 heteroatoms. The molecule has 2 aromatic carbocycles. The lowest BCUT2D eigenvalue weighted by Gasteiger charge is -2.15. The van der Waals surface area contributed by atoms with Crippen LogP contribution in [0.1, 0.15) is 18.9 Å². The normalized spacial score (nSPS) is 12.1. The van der Waals surface area contributed by atoms with Gasteiger partial charge in [0.2, 0.25) is 0 Å². The second-order valence-corrected chi connectivity index (χ2v) is 6.60. The maximum Gasteiger partial charge on any atom is 0.123 e. The highest BCUT2D eigenvalue weighted by molar-refractivity contribution is 5.63. The van der Waals surface area contributed by atoms with Crippen molar-refractivity contribution in [2.24, 2.45) is 0 Å². The summed E-state index contributed by atoms with van der Waals surface area (Å²) < 4.78 is 26.1. The van der Waals surface area contributed by atoms with E-state index >= 15 is 0 Å². The second-order valence-electron chi connectivity index (χ2n) is 6.60. The molecule has 0 saturated heterocycles. The van der Waals surface area contributed by atoms with Crippen molar-refractivity contribution in [2.45, 2.75) is 25.9 Å². The molecule has 148 valence electrons. The molecule has 0 fully saturated rings. The number of hydrogen-bond acceptors (Lipinski definition) is 4. The highest BCUT2D eigenvalue weighted by Crippen LogP contribution is 2.25. The molecule has 0 spiro atoms. The van der Waals surface area contributed by atoms with Crippen molar-refractivity contribution >= 4 is 0 Å². The van der Waals surface area contributed by atoms with Crippen LogP contribution in [0.25, 0.3) is 16.9 Å². The van der Waals surface area contributed by atoms with Crippen LogP contribution in [0.3, 0.4) is 0 Å². The van der Waals surface area contributed by atoms with Gasteiger partial charge in [0.1, 0.15) is 11.6 Å². The largest absolute Gasteiger partial charge is 0.497 e. The maximum atomic E-state index is 13.8. The molecule has 1 aromatic heterocycles. The summed E-state index contributed by atoms with van der Waals surface area (Å²) >= 11 is 0. The molecule has 3 aromatic rings. The Morgan fingerprint density at radius 3 is 2.57 bits per heavy atom. The smallest absolute Gasteiger partial charge is 0.123 e. The van der Waals surface area contributed by atoms with Gasteiger partial charge in [-0.15, -0.1) is 0 Å². The second kappa shape index (κ2) is 9.48. The molecule has 0 aliphatic rings. The van der Waals surface area contributed by atoms with E-state index in [-0.39, 0.29) is 11.9 Å². The van der Waals surface area contributed by atoms with E-state index in [1.165, 1.54) is 12.1 Å². The molecule has 5 nitrogen and oxygen atoms in total. The van der Waals surface area contributed by atoms with Crippen LogP contribution in [0.4, 0.5) is 4.39 Å². The van der Waals surface area contributed by atoms with Gasteiger partial charge in [-0.2, -0.15) is 5.10 Å². The van der Waals surface area contributed by atoms with E-state index in [0.29, 0.717) is 13.2 Å². The fraction of sp³-hybridized carbons (Fsp3) is 0.318. The Bertz CT molecular complexity index is 893. The lowest BCUT2D eigenvalue weighted by atomic mass is 10.1. The summed E-state index contributed by atoms with van der Waals surface area (Å²) in [4.78, 5) is 0. The molecule has 28 heavy (non-hydrogen) atoms.